The third kappa shape index (κ3) is 6.17. The van der Waals surface area contributed by atoms with Crippen LogP contribution in [0.3, 0.4) is 0 Å². The van der Waals surface area contributed by atoms with Crippen molar-refractivity contribution in [1.82, 2.24) is 5.32 Å². The first-order valence-corrected chi connectivity index (χ1v) is 9.94. The molecule has 144 valence electrons. The lowest BCUT2D eigenvalue weighted by Crippen LogP contribution is -2.35. The van der Waals surface area contributed by atoms with Crippen molar-refractivity contribution < 1.29 is 4.79 Å². The van der Waals surface area contributed by atoms with Gasteiger partial charge in [-0.1, -0.05) is 70.5 Å². The summed E-state index contributed by atoms with van der Waals surface area (Å²) in [7, 11) is 0. The molecule has 3 nitrogen and oxygen atoms in total. The molecule has 0 aliphatic carbocycles. The van der Waals surface area contributed by atoms with Crippen molar-refractivity contribution in [2.75, 3.05) is 5.32 Å². The average molecular weight is 383 g/mol. The molecule has 0 aliphatic heterocycles. The molecule has 0 aliphatic rings. The lowest BCUT2D eigenvalue weighted by Gasteiger charge is -2.19. The largest absolute Gasteiger partial charge is 0.360 e. The van der Waals surface area contributed by atoms with E-state index < -0.39 is 0 Å². The summed E-state index contributed by atoms with van der Waals surface area (Å²) < 4.78 is 0. The van der Waals surface area contributed by atoms with Gasteiger partial charge in [0.25, 0.3) is 0 Å². The van der Waals surface area contributed by atoms with Crippen LogP contribution in [0.5, 0.6) is 0 Å². The van der Waals surface area contributed by atoms with Crippen LogP contribution in [0.4, 0.5) is 5.69 Å². The number of thiocarbonyl (C=S) groups is 1. The van der Waals surface area contributed by atoms with Gasteiger partial charge in [-0.3, -0.25) is 4.79 Å². The van der Waals surface area contributed by atoms with E-state index in [4.69, 9.17) is 12.2 Å². The second-order valence-corrected chi connectivity index (χ2v) is 8.43. The zero-order valence-electron chi connectivity index (χ0n) is 16.9. The molecular formula is C23H30N2OS. The first-order chi connectivity index (χ1) is 12.7. The fourth-order valence-corrected chi connectivity index (χ4v) is 3.24. The molecule has 27 heavy (non-hydrogen) atoms. The smallest absolute Gasteiger partial charge is 0.193 e. The molecule has 1 atom stereocenters. The average Bonchev–Trinajstić information content (AvgIpc) is 2.60. The zero-order chi connectivity index (χ0) is 20.0. The van der Waals surface area contributed by atoms with Gasteiger partial charge in [0.2, 0.25) is 0 Å². The summed E-state index contributed by atoms with van der Waals surface area (Å²) in [6.07, 6.45) is 2.17. The third-order valence-corrected chi connectivity index (χ3v) is 4.71. The maximum Gasteiger partial charge on any atom is 0.193 e. The monoisotopic (exact) mass is 382 g/mol. The van der Waals surface area contributed by atoms with Gasteiger partial charge in [-0.2, -0.15) is 0 Å². The highest BCUT2D eigenvalue weighted by Crippen LogP contribution is 2.23. The van der Waals surface area contributed by atoms with E-state index >= 15 is 0 Å². The standard InChI is InChI=1S/C23H30N2OS/c1-6-8-16(2)24-22(27)25-20-10-7-9-18(15-20)21(26)17-11-13-19(14-12-17)23(3,4)5/h7,9-16H,6,8H2,1-5H3,(H2,24,25,27)/t16-/m1/s1. The van der Waals surface area contributed by atoms with Gasteiger partial charge >= 0.3 is 0 Å². The van der Waals surface area contributed by atoms with Crippen molar-refractivity contribution in [2.45, 2.75) is 58.9 Å². The topological polar surface area (TPSA) is 41.1 Å². The number of carbonyl (C=O) groups is 1. The van der Waals surface area contributed by atoms with Crippen LogP contribution in [-0.4, -0.2) is 16.9 Å². The maximum atomic E-state index is 12.8. The second-order valence-electron chi connectivity index (χ2n) is 8.03. The Morgan fingerprint density at radius 3 is 2.33 bits per heavy atom. The van der Waals surface area contributed by atoms with Crippen molar-refractivity contribution in [2.24, 2.45) is 0 Å². The highest BCUT2D eigenvalue weighted by atomic mass is 32.1. The van der Waals surface area contributed by atoms with E-state index in [0.717, 1.165) is 18.5 Å². The van der Waals surface area contributed by atoms with Crippen LogP contribution in [0, 0.1) is 0 Å². The van der Waals surface area contributed by atoms with Gasteiger partial charge in [-0.25, -0.2) is 0 Å². The Bertz CT molecular complexity index is 791. The fourth-order valence-electron chi connectivity index (χ4n) is 2.92. The van der Waals surface area contributed by atoms with Crippen molar-refractivity contribution >= 4 is 28.8 Å². The highest BCUT2D eigenvalue weighted by Gasteiger charge is 2.15. The van der Waals surface area contributed by atoms with Crippen LogP contribution in [0.25, 0.3) is 0 Å². The van der Waals surface area contributed by atoms with Gasteiger partial charge in [-0.15, -0.1) is 0 Å². The lowest BCUT2D eigenvalue weighted by molar-refractivity contribution is 0.103. The number of hydrogen-bond acceptors (Lipinski definition) is 2. The Balaban J connectivity index is 2.10. The van der Waals surface area contributed by atoms with Crippen LogP contribution in [0.1, 0.15) is 68.9 Å². The van der Waals surface area contributed by atoms with E-state index in [1.54, 1.807) is 0 Å². The Hall–Kier alpha value is -2.20. The zero-order valence-corrected chi connectivity index (χ0v) is 17.7. The molecule has 0 aromatic heterocycles. The van der Waals surface area contributed by atoms with Gasteiger partial charge in [0.05, 0.1) is 0 Å². The summed E-state index contributed by atoms with van der Waals surface area (Å²) in [6.45, 7) is 10.8. The van der Waals surface area contributed by atoms with Crippen molar-refractivity contribution in [3.8, 4) is 0 Å². The van der Waals surface area contributed by atoms with Crippen LogP contribution in [0.15, 0.2) is 48.5 Å². The molecule has 2 aromatic carbocycles. The van der Waals surface area contributed by atoms with Gasteiger partial charge in [-0.05, 0) is 48.7 Å². The van der Waals surface area contributed by atoms with Crippen molar-refractivity contribution in [1.29, 1.82) is 0 Å². The minimum absolute atomic E-state index is 0.0114. The molecule has 0 saturated heterocycles. The molecule has 2 rings (SSSR count). The summed E-state index contributed by atoms with van der Waals surface area (Å²) in [5.41, 5.74) is 3.44. The molecule has 2 aromatic rings. The maximum absolute atomic E-state index is 12.8. The molecule has 0 spiro atoms. The summed E-state index contributed by atoms with van der Waals surface area (Å²) in [5.74, 6) is 0.0114. The number of benzene rings is 2. The predicted octanol–water partition coefficient (Wildman–Crippen LogP) is 5.69. The van der Waals surface area contributed by atoms with Gasteiger partial charge in [0.15, 0.2) is 10.9 Å². The Morgan fingerprint density at radius 2 is 1.74 bits per heavy atom. The first-order valence-electron chi connectivity index (χ1n) is 9.53. The Morgan fingerprint density at radius 1 is 1.07 bits per heavy atom. The van der Waals surface area contributed by atoms with Crippen molar-refractivity contribution in [3.05, 3.63) is 65.2 Å². The molecular weight excluding hydrogens is 352 g/mol. The first kappa shape index (κ1) is 21.1. The second kappa shape index (κ2) is 9.14. The summed E-state index contributed by atoms with van der Waals surface area (Å²) in [6, 6.07) is 15.7. The normalized spacial score (nSPS) is 12.3. The quantitative estimate of drug-likeness (QED) is 0.497. The molecule has 0 saturated carbocycles. The summed E-state index contributed by atoms with van der Waals surface area (Å²) in [4.78, 5) is 12.8. The fraction of sp³-hybridized carbons (Fsp3) is 0.391. The molecule has 4 heteroatoms. The molecule has 0 heterocycles. The van der Waals surface area contributed by atoms with E-state index in [2.05, 4.69) is 45.3 Å². The number of anilines is 1. The summed E-state index contributed by atoms with van der Waals surface area (Å²) in [5, 5.41) is 7.02. The van der Waals surface area contributed by atoms with E-state index in [9.17, 15) is 4.79 Å². The van der Waals surface area contributed by atoms with Gasteiger partial charge < -0.3 is 10.6 Å². The van der Waals surface area contributed by atoms with Crippen LogP contribution in [0.2, 0.25) is 0 Å². The number of ketones is 1. The van der Waals surface area contributed by atoms with E-state index in [1.165, 1.54) is 5.56 Å². The minimum atomic E-state index is 0.0114. The van der Waals surface area contributed by atoms with Crippen LogP contribution >= 0.6 is 12.2 Å². The minimum Gasteiger partial charge on any atom is -0.360 e. The molecule has 0 bridgehead atoms. The van der Waals surface area contributed by atoms with Crippen LogP contribution < -0.4 is 10.6 Å². The number of rotatable bonds is 6. The number of carbonyl (C=O) groups excluding carboxylic acids is 1. The number of nitrogens with one attached hydrogen (secondary N) is 2. The van der Waals surface area contributed by atoms with Crippen molar-refractivity contribution in [3.63, 3.8) is 0 Å². The SMILES string of the molecule is CCC[C@@H](C)NC(=S)Nc1cccc(C(=O)c2ccc(C(C)(C)C)cc2)c1. The third-order valence-electron chi connectivity index (χ3n) is 4.49. The lowest BCUT2D eigenvalue weighted by atomic mass is 9.86. The Labute approximate surface area is 168 Å². The van der Waals surface area contributed by atoms with E-state index in [1.807, 2.05) is 48.5 Å². The molecule has 0 radical (unpaired) electrons. The van der Waals surface area contributed by atoms with Gasteiger partial charge in [0.1, 0.15) is 0 Å². The molecule has 0 fully saturated rings. The molecule has 2 N–H and O–H groups in total. The molecule has 0 amide bonds. The summed E-state index contributed by atoms with van der Waals surface area (Å²) >= 11 is 5.37. The Kier molecular flexibility index (Phi) is 7.14. The highest BCUT2D eigenvalue weighted by molar-refractivity contribution is 7.80. The number of hydrogen-bond donors (Lipinski definition) is 2. The van der Waals surface area contributed by atoms with Gasteiger partial charge in [0, 0.05) is 22.9 Å². The van der Waals surface area contributed by atoms with E-state index in [0.29, 0.717) is 22.3 Å². The predicted molar refractivity (Wildman–Crippen MR) is 119 cm³/mol. The van der Waals surface area contributed by atoms with Crippen LogP contribution in [-0.2, 0) is 5.41 Å². The van der Waals surface area contributed by atoms with E-state index in [-0.39, 0.29) is 11.2 Å². The molecule has 0 unspecified atom stereocenters.